The van der Waals surface area contributed by atoms with E-state index in [1.807, 2.05) is 37.3 Å². The molecule has 1 amide bonds. The van der Waals surface area contributed by atoms with Crippen molar-refractivity contribution in [2.45, 2.75) is 45.6 Å². The minimum absolute atomic E-state index is 0.0140. The molecule has 0 spiro atoms. The number of unbranched alkanes of at least 4 members (excludes halogenated alkanes) is 1. The lowest BCUT2D eigenvalue weighted by atomic mass is 9.97. The van der Waals surface area contributed by atoms with Crippen LogP contribution in [0.1, 0.15) is 51.1 Å². The van der Waals surface area contributed by atoms with Gasteiger partial charge in [-0.25, -0.2) is 0 Å². The Kier molecular flexibility index (Phi) is 7.29. The highest BCUT2D eigenvalue weighted by Crippen LogP contribution is 2.17. The van der Waals surface area contributed by atoms with Crippen LogP contribution in [0.25, 0.3) is 0 Å². The van der Waals surface area contributed by atoms with E-state index < -0.39 is 6.04 Å². The predicted octanol–water partition coefficient (Wildman–Crippen LogP) is 2.81. The molecule has 2 atom stereocenters. The molecule has 0 saturated carbocycles. The summed E-state index contributed by atoms with van der Waals surface area (Å²) >= 11 is 0. The number of benzene rings is 1. The van der Waals surface area contributed by atoms with Crippen LogP contribution >= 0.6 is 0 Å². The number of nitrogens with two attached hydrogens (primary N) is 1. The maximum absolute atomic E-state index is 12.4. The van der Waals surface area contributed by atoms with Gasteiger partial charge >= 0.3 is 0 Å². The smallest absolute Gasteiger partial charge is 0.223 e. The van der Waals surface area contributed by atoms with Crippen molar-refractivity contribution in [2.75, 3.05) is 0 Å². The van der Waals surface area contributed by atoms with Crippen molar-refractivity contribution in [1.82, 2.24) is 5.32 Å². The molecule has 1 rings (SSSR count). The molecule has 4 N–H and O–H groups in total. The second kappa shape index (κ2) is 9.00. The Morgan fingerprint density at radius 2 is 2.00 bits per heavy atom. The second-order valence-corrected chi connectivity index (χ2v) is 5.12. The Labute approximate surface area is 126 Å². The van der Waals surface area contributed by atoms with E-state index in [1.54, 1.807) is 0 Å². The zero-order chi connectivity index (χ0) is 15.7. The van der Waals surface area contributed by atoms with E-state index in [-0.39, 0.29) is 17.7 Å². The van der Waals surface area contributed by atoms with Crippen LogP contribution in [0.4, 0.5) is 0 Å². The third-order valence-electron chi connectivity index (χ3n) is 3.60. The number of carbonyl (C=O) groups excluding carboxylic acids is 1. The van der Waals surface area contributed by atoms with Crippen LogP contribution in [0.5, 0.6) is 0 Å². The van der Waals surface area contributed by atoms with Crippen molar-refractivity contribution in [1.29, 1.82) is 0 Å². The van der Waals surface area contributed by atoms with Crippen LogP contribution in [0.2, 0.25) is 0 Å². The van der Waals surface area contributed by atoms with Crippen LogP contribution in [-0.4, -0.2) is 17.0 Å². The molecule has 0 bridgehead atoms. The van der Waals surface area contributed by atoms with E-state index in [0.717, 1.165) is 31.2 Å². The fraction of sp³-hybridized carbons (Fsp3) is 0.500. The number of amidine groups is 1. The molecule has 5 nitrogen and oxygen atoms in total. The molecule has 2 unspecified atom stereocenters. The minimum atomic E-state index is -0.598. The zero-order valence-corrected chi connectivity index (χ0v) is 12.7. The summed E-state index contributed by atoms with van der Waals surface area (Å²) in [7, 11) is 0. The summed E-state index contributed by atoms with van der Waals surface area (Å²) < 4.78 is 0. The molecular weight excluding hydrogens is 266 g/mol. The molecule has 1 aromatic rings. The van der Waals surface area contributed by atoms with Gasteiger partial charge < -0.3 is 16.3 Å². The second-order valence-electron chi connectivity index (χ2n) is 5.12. The number of hydrogen-bond acceptors (Lipinski definition) is 3. The van der Waals surface area contributed by atoms with Crippen molar-refractivity contribution in [3.63, 3.8) is 0 Å². The van der Waals surface area contributed by atoms with Crippen molar-refractivity contribution in [3.8, 4) is 0 Å². The summed E-state index contributed by atoms with van der Waals surface area (Å²) in [4.78, 5) is 12.4. The Hall–Kier alpha value is -2.04. The molecule has 1 aromatic carbocycles. The first kappa shape index (κ1) is 17.0. The first-order valence-corrected chi connectivity index (χ1v) is 7.46. The van der Waals surface area contributed by atoms with Crippen LogP contribution in [-0.2, 0) is 4.79 Å². The number of carbonyl (C=O) groups is 1. The molecule has 0 aliphatic rings. The van der Waals surface area contributed by atoms with E-state index >= 15 is 0 Å². The molecule has 0 saturated heterocycles. The normalized spacial score (nSPS) is 14.5. The van der Waals surface area contributed by atoms with Crippen LogP contribution < -0.4 is 11.1 Å². The van der Waals surface area contributed by atoms with Gasteiger partial charge in [0.05, 0.1) is 0 Å². The summed E-state index contributed by atoms with van der Waals surface area (Å²) in [6.07, 6.45) is 3.72. The average molecular weight is 291 g/mol. The van der Waals surface area contributed by atoms with Gasteiger partial charge in [0.15, 0.2) is 5.84 Å². The lowest BCUT2D eigenvalue weighted by Crippen LogP contribution is -2.40. The van der Waals surface area contributed by atoms with Crippen molar-refractivity contribution < 1.29 is 10.0 Å². The van der Waals surface area contributed by atoms with E-state index in [2.05, 4.69) is 17.4 Å². The minimum Gasteiger partial charge on any atom is -0.409 e. The van der Waals surface area contributed by atoms with Gasteiger partial charge in [-0.05, 0) is 18.4 Å². The monoisotopic (exact) mass is 291 g/mol. The van der Waals surface area contributed by atoms with Gasteiger partial charge in [0, 0.05) is 5.92 Å². The van der Waals surface area contributed by atoms with Gasteiger partial charge in [-0.3, -0.25) is 4.79 Å². The fourth-order valence-electron chi connectivity index (χ4n) is 2.26. The fourth-order valence-corrected chi connectivity index (χ4v) is 2.26. The van der Waals surface area contributed by atoms with Crippen molar-refractivity contribution >= 4 is 11.7 Å². The maximum atomic E-state index is 12.4. The standard InChI is InChI=1S/C16H25N3O2/c1-3-5-9-12(4-2)16(20)18-14(15(17)19-21)13-10-7-6-8-11-13/h6-8,10-12,14,21H,3-5,9H2,1-2H3,(H2,17,19)(H,18,20). The van der Waals surface area contributed by atoms with E-state index in [9.17, 15) is 4.79 Å². The van der Waals surface area contributed by atoms with E-state index in [4.69, 9.17) is 10.9 Å². The number of oxime groups is 1. The summed E-state index contributed by atoms with van der Waals surface area (Å²) in [6.45, 7) is 4.11. The van der Waals surface area contributed by atoms with Gasteiger partial charge in [0.25, 0.3) is 0 Å². The number of hydrogen-bond donors (Lipinski definition) is 3. The summed E-state index contributed by atoms with van der Waals surface area (Å²) in [5.41, 5.74) is 6.52. The number of nitrogens with zero attached hydrogens (tertiary/aromatic N) is 1. The third kappa shape index (κ3) is 5.10. The molecule has 0 fully saturated rings. The summed E-state index contributed by atoms with van der Waals surface area (Å²) in [5, 5.41) is 14.9. The summed E-state index contributed by atoms with van der Waals surface area (Å²) in [5.74, 6) is -0.103. The Morgan fingerprint density at radius 3 is 2.52 bits per heavy atom. The molecular formula is C16H25N3O2. The largest absolute Gasteiger partial charge is 0.409 e. The molecule has 0 radical (unpaired) electrons. The van der Waals surface area contributed by atoms with Crippen LogP contribution in [0.15, 0.2) is 35.5 Å². The first-order chi connectivity index (χ1) is 10.1. The number of nitrogens with one attached hydrogen (secondary N) is 1. The SMILES string of the molecule is CCCCC(CC)C(=O)NC(/C(N)=N/O)c1ccccc1. The highest BCUT2D eigenvalue weighted by Gasteiger charge is 2.23. The highest BCUT2D eigenvalue weighted by atomic mass is 16.4. The molecule has 116 valence electrons. The lowest BCUT2D eigenvalue weighted by Gasteiger charge is -2.21. The van der Waals surface area contributed by atoms with E-state index in [1.165, 1.54) is 0 Å². The van der Waals surface area contributed by atoms with E-state index in [0.29, 0.717) is 0 Å². The van der Waals surface area contributed by atoms with Crippen molar-refractivity contribution in [2.24, 2.45) is 16.8 Å². The van der Waals surface area contributed by atoms with Gasteiger partial charge in [-0.15, -0.1) is 0 Å². The topological polar surface area (TPSA) is 87.7 Å². The zero-order valence-electron chi connectivity index (χ0n) is 12.7. The molecule has 21 heavy (non-hydrogen) atoms. The predicted molar refractivity (Wildman–Crippen MR) is 84.0 cm³/mol. The average Bonchev–Trinajstić information content (AvgIpc) is 2.53. The Bertz CT molecular complexity index is 460. The van der Waals surface area contributed by atoms with Gasteiger partial charge in [0.1, 0.15) is 6.04 Å². The van der Waals surface area contributed by atoms with Crippen LogP contribution in [0, 0.1) is 5.92 Å². The van der Waals surface area contributed by atoms with Crippen molar-refractivity contribution in [3.05, 3.63) is 35.9 Å². The molecule has 5 heteroatoms. The first-order valence-electron chi connectivity index (χ1n) is 7.46. The Balaban J connectivity index is 2.84. The van der Waals surface area contributed by atoms with Gasteiger partial charge in [-0.2, -0.15) is 0 Å². The maximum Gasteiger partial charge on any atom is 0.223 e. The molecule has 0 heterocycles. The van der Waals surface area contributed by atoms with Crippen LogP contribution in [0.3, 0.4) is 0 Å². The molecule has 0 aliphatic carbocycles. The number of amides is 1. The number of rotatable bonds is 8. The third-order valence-corrected chi connectivity index (χ3v) is 3.60. The highest BCUT2D eigenvalue weighted by molar-refractivity contribution is 5.91. The van der Waals surface area contributed by atoms with Gasteiger partial charge in [0.2, 0.25) is 5.91 Å². The molecule has 0 aliphatic heterocycles. The Morgan fingerprint density at radius 1 is 1.33 bits per heavy atom. The van der Waals surface area contributed by atoms with Gasteiger partial charge in [-0.1, -0.05) is 62.2 Å². The quantitative estimate of drug-likeness (QED) is 0.298. The lowest BCUT2D eigenvalue weighted by molar-refractivity contribution is -0.125. The molecule has 0 aromatic heterocycles. The summed E-state index contributed by atoms with van der Waals surface area (Å²) in [6, 6.07) is 8.68.